The second-order valence-corrected chi connectivity index (χ2v) is 6.84. The maximum absolute atomic E-state index is 12.3. The van der Waals surface area contributed by atoms with E-state index in [0.717, 1.165) is 24.1 Å². The van der Waals surface area contributed by atoms with E-state index in [2.05, 4.69) is 42.8 Å². The molecule has 2 rings (SSSR count). The van der Waals surface area contributed by atoms with Gasteiger partial charge in [0.15, 0.2) is 5.78 Å². The van der Waals surface area contributed by atoms with Gasteiger partial charge in [-0.05, 0) is 49.4 Å². The maximum atomic E-state index is 12.3. The van der Waals surface area contributed by atoms with Crippen molar-refractivity contribution >= 4 is 5.78 Å². The third kappa shape index (κ3) is 6.66. The number of benzene rings is 1. The Labute approximate surface area is 152 Å². The summed E-state index contributed by atoms with van der Waals surface area (Å²) in [5.41, 5.74) is 5.14. The third-order valence-corrected chi connectivity index (χ3v) is 4.44. The van der Waals surface area contributed by atoms with E-state index in [9.17, 15) is 4.79 Å². The fourth-order valence-corrected chi connectivity index (χ4v) is 2.89. The number of unbranched alkanes of at least 4 members (excludes halogenated alkanes) is 3. The molecule has 1 heterocycles. The molecule has 0 aliphatic rings. The van der Waals surface area contributed by atoms with Gasteiger partial charge in [0.05, 0.1) is 0 Å². The van der Waals surface area contributed by atoms with Crippen LogP contribution in [-0.4, -0.2) is 10.8 Å². The molecule has 0 spiro atoms. The van der Waals surface area contributed by atoms with Crippen LogP contribution in [0, 0.1) is 6.92 Å². The van der Waals surface area contributed by atoms with Crippen molar-refractivity contribution in [3.8, 4) is 0 Å². The Morgan fingerprint density at radius 3 is 2.36 bits per heavy atom. The van der Waals surface area contributed by atoms with Crippen molar-refractivity contribution in [2.24, 2.45) is 0 Å². The molecule has 0 aliphatic carbocycles. The van der Waals surface area contributed by atoms with Crippen LogP contribution in [0.25, 0.3) is 0 Å². The molecule has 0 aliphatic heterocycles. The summed E-state index contributed by atoms with van der Waals surface area (Å²) in [6.45, 7) is 8.24. The molecule has 0 N–H and O–H groups in total. The first-order valence-corrected chi connectivity index (χ1v) is 9.29. The molecule has 1 aromatic carbocycles. The minimum atomic E-state index is 0.0880. The SMILES string of the molecule is C=C(CC(=O)c1ccc(C)nc1)Cc1ccc(CCCCCC)cc1. The second-order valence-electron chi connectivity index (χ2n) is 6.84. The molecule has 0 saturated heterocycles. The van der Waals surface area contributed by atoms with E-state index in [4.69, 9.17) is 0 Å². The van der Waals surface area contributed by atoms with Gasteiger partial charge in [0.25, 0.3) is 0 Å². The largest absolute Gasteiger partial charge is 0.294 e. The highest BCUT2D eigenvalue weighted by molar-refractivity contribution is 5.97. The van der Waals surface area contributed by atoms with Gasteiger partial charge in [-0.3, -0.25) is 9.78 Å². The van der Waals surface area contributed by atoms with Gasteiger partial charge >= 0.3 is 0 Å². The number of ketones is 1. The van der Waals surface area contributed by atoms with E-state index in [1.165, 1.54) is 36.8 Å². The number of hydrogen-bond acceptors (Lipinski definition) is 2. The number of carbonyl (C=O) groups excluding carboxylic acids is 1. The van der Waals surface area contributed by atoms with Crippen LogP contribution in [0.3, 0.4) is 0 Å². The molecule has 0 radical (unpaired) electrons. The lowest BCUT2D eigenvalue weighted by atomic mass is 9.98. The van der Waals surface area contributed by atoms with E-state index in [1.807, 2.05) is 19.1 Å². The van der Waals surface area contributed by atoms with Crippen LogP contribution in [0.15, 0.2) is 54.7 Å². The van der Waals surface area contributed by atoms with Gasteiger partial charge in [-0.25, -0.2) is 0 Å². The lowest BCUT2D eigenvalue weighted by molar-refractivity contribution is 0.0992. The summed E-state index contributed by atoms with van der Waals surface area (Å²) in [6, 6.07) is 12.5. The molecular formula is C23H29NO. The van der Waals surface area contributed by atoms with E-state index < -0.39 is 0 Å². The predicted octanol–water partition coefficient (Wildman–Crippen LogP) is 5.88. The molecule has 0 saturated carbocycles. The standard InChI is InChI=1S/C23H29NO/c1-4-5-6-7-8-20-10-12-21(13-11-20)15-18(2)16-23(25)22-14-9-19(3)24-17-22/h9-14,17H,2,4-8,15-16H2,1,3H3. The van der Waals surface area contributed by atoms with E-state index in [-0.39, 0.29) is 5.78 Å². The van der Waals surface area contributed by atoms with Crippen LogP contribution >= 0.6 is 0 Å². The van der Waals surface area contributed by atoms with Crippen LogP contribution in [0.4, 0.5) is 0 Å². The summed E-state index contributed by atoms with van der Waals surface area (Å²) >= 11 is 0. The zero-order chi connectivity index (χ0) is 18.1. The highest BCUT2D eigenvalue weighted by Crippen LogP contribution is 2.15. The summed E-state index contributed by atoms with van der Waals surface area (Å²) in [4.78, 5) is 16.5. The first-order valence-electron chi connectivity index (χ1n) is 9.29. The molecule has 0 amide bonds. The normalized spacial score (nSPS) is 10.6. The first-order chi connectivity index (χ1) is 12.1. The fourth-order valence-electron chi connectivity index (χ4n) is 2.89. The summed E-state index contributed by atoms with van der Waals surface area (Å²) in [6.07, 6.45) is 9.11. The summed E-state index contributed by atoms with van der Waals surface area (Å²) < 4.78 is 0. The highest BCUT2D eigenvalue weighted by Gasteiger charge is 2.09. The first kappa shape index (κ1) is 19.1. The van der Waals surface area contributed by atoms with Gasteiger partial charge in [-0.2, -0.15) is 0 Å². The van der Waals surface area contributed by atoms with Crippen molar-refractivity contribution < 1.29 is 4.79 Å². The zero-order valence-electron chi connectivity index (χ0n) is 15.6. The minimum absolute atomic E-state index is 0.0880. The Morgan fingerprint density at radius 1 is 1.00 bits per heavy atom. The number of aryl methyl sites for hydroxylation is 2. The van der Waals surface area contributed by atoms with Crippen molar-refractivity contribution in [3.63, 3.8) is 0 Å². The Kier molecular flexibility index (Phi) is 7.59. The smallest absolute Gasteiger partial charge is 0.168 e. The number of carbonyl (C=O) groups is 1. The number of pyridine rings is 1. The van der Waals surface area contributed by atoms with Crippen LogP contribution in [0.5, 0.6) is 0 Å². The van der Waals surface area contributed by atoms with Gasteiger partial charge in [0.1, 0.15) is 0 Å². The quantitative estimate of drug-likeness (QED) is 0.308. The summed E-state index contributed by atoms with van der Waals surface area (Å²) in [5, 5.41) is 0. The molecule has 1 aromatic heterocycles. The Hall–Kier alpha value is -2.22. The zero-order valence-corrected chi connectivity index (χ0v) is 15.6. The summed E-state index contributed by atoms with van der Waals surface area (Å²) in [5.74, 6) is 0.0880. The average molecular weight is 335 g/mol. The number of hydrogen-bond donors (Lipinski definition) is 0. The Morgan fingerprint density at radius 2 is 1.72 bits per heavy atom. The van der Waals surface area contributed by atoms with Crippen LogP contribution in [0.1, 0.15) is 66.2 Å². The van der Waals surface area contributed by atoms with Crippen molar-refractivity contribution in [1.82, 2.24) is 4.98 Å². The van der Waals surface area contributed by atoms with Gasteiger partial charge in [0, 0.05) is 23.9 Å². The molecule has 0 atom stereocenters. The van der Waals surface area contributed by atoms with Gasteiger partial charge in [-0.1, -0.05) is 62.6 Å². The number of aromatic nitrogens is 1. The van der Waals surface area contributed by atoms with E-state index in [0.29, 0.717) is 12.0 Å². The van der Waals surface area contributed by atoms with Crippen LogP contribution < -0.4 is 0 Å². The minimum Gasteiger partial charge on any atom is -0.294 e. The lowest BCUT2D eigenvalue weighted by Crippen LogP contribution is -2.03. The maximum Gasteiger partial charge on any atom is 0.168 e. The van der Waals surface area contributed by atoms with Crippen molar-refractivity contribution in [2.75, 3.05) is 0 Å². The van der Waals surface area contributed by atoms with Crippen molar-refractivity contribution in [2.45, 2.75) is 58.8 Å². The summed E-state index contributed by atoms with van der Waals surface area (Å²) in [7, 11) is 0. The average Bonchev–Trinajstić information content (AvgIpc) is 2.60. The monoisotopic (exact) mass is 335 g/mol. The highest BCUT2D eigenvalue weighted by atomic mass is 16.1. The predicted molar refractivity (Wildman–Crippen MR) is 105 cm³/mol. The molecule has 132 valence electrons. The molecule has 0 bridgehead atoms. The number of Topliss-reactive ketones (excluding diaryl/α,β-unsaturated/α-hetero) is 1. The topological polar surface area (TPSA) is 30.0 Å². The molecule has 25 heavy (non-hydrogen) atoms. The number of rotatable bonds is 10. The van der Waals surface area contributed by atoms with E-state index in [1.54, 1.807) is 6.20 Å². The third-order valence-electron chi connectivity index (χ3n) is 4.44. The Bertz CT molecular complexity index is 683. The van der Waals surface area contributed by atoms with Crippen LogP contribution in [-0.2, 0) is 12.8 Å². The molecule has 2 nitrogen and oxygen atoms in total. The molecular weight excluding hydrogens is 306 g/mol. The van der Waals surface area contributed by atoms with Gasteiger partial charge < -0.3 is 0 Å². The van der Waals surface area contributed by atoms with Gasteiger partial charge in [-0.15, -0.1) is 0 Å². The molecule has 2 aromatic rings. The molecule has 0 fully saturated rings. The Balaban J connectivity index is 1.81. The van der Waals surface area contributed by atoms with Crippen LogP contribution in [0.2, 0.25) is 0 Å². The van der Waals surface area contributed by atoms with E-state index >= 15 is 0 Å². The van der Waals surface area contributed by atoms with Crippen molar-refractivity contribution in [1.29, 1.82) is 0 Å². The fraction of sp³-hybridized carbons (Fsp3) is 0.391. The lowest BCUT2D eigenvalue weighted by Gasteiger charge is -2.07. The second kappa shape index (κ2) is 9.93. The molecule has 2 heteroatoms. The van der Waals surface area contributed by atoms with Gasteiger partial charge in [0.2, 0.25) is 0 Å². The number of nitrogens with zero attached hydrogens (tertiary/aromatic N) is 1. The molecule has 0 unspecified atom stereocenters. The van der Waals surface area contributed by atoms with Crippen molar-refractivity contribution in [3.05, 3.63) is 77.1 Å². The number of allylic oxidation sites excluding steroid dienone is 1.